The van der Waals surface area contributed by atoms with Crippen LogP contribution >= 0.6 is 11.6 Å². The summed E-state index contributed by atoms with van der Waals surface area (Å²) < 4.78 is 5.11. The number of hydrogen-bond acceptors (Lipinski definition) is 6. The van der Waals surface area contributed by atoms with Crippen molar-refractivity contribution in [2.45, 2.75) is 19.5 Å². The van der Waals surface area contributed by atoms with Crippen LogP contribution in [0, 0.1) is 0 Å². The topological polar surface area (TPSA) is 64.0 Å². The molecule has 4 heterocycles. The molecule has 1 aliphatic heterocycles. The van der Waals surface area contributed by atoms with Crippen molar-refractivity contribution >= 4 is 11.6 Å². The normalized spacial score (nSPS) is 14.1. The second kappa shape index (κ2) is 7.35. The molecular formula is C19H18ClN5O. The molecule has 0 radical (unpaired) electrons. The van der Waals surface area contributed by atoms with E-state index in [0.717, 1.165) is 54.3 Å². The average molecular weight is 368 g/mol. The van der Waals surface area contributed by atoms with E-state index < -0.39 is 0 Å². The van der Waals surface area contributed by atoms with Gasteiger partial charge in [-0.15, -0.1) is 0 Å². The monoisotopic (exact) mass is 367 g/mol. The molecule has 26 heavy (non-hydrogen) atoms. The maximum absolute atomic E-state index is 6.17. The smallest absolute Gasteiger partial charge is 0.232 e. The van der Waals surface area contributed by atoms with Crippen LogP contribution in [0.1, 0.15) is 16.8 Å². The molecule has 0 unspecified atom stereocenters. The van der Waals surface area contributed by atoms with Crippen molar-refractivity contribution in [3.05, 3.63) is 64.8 Å². The van der Waals surface area contributed by atoms with E-state index in [1.807, 2.05) is 30.6 Å². The van der Waals surface area contributed by atoms with Gasteiger partial charge in [0, 0.05) is 62.0 Å². The summed E-state index contributed by atoms with van der Waals surface area (Å²) in [5.74, 6) is 1.19. The quantitative estimate of drug-likeness (QED) is 0.705. The van der Waals surface area contributed by atoms with E-state index in [-0.39, 0.29) is 0 Å². The van der Waals surface area contributed by atoms with Gasteiger partial charge in [-0.25, -0.2) is 15.0 Å². The van der Waals surface area contributed by atoms with Gasteiger partial charge in [-0.2, -0.15) is 0 Å². The predicted molar refractivity (Wildman–Crippen MR) is 98.9 cm³/mol. The standard InChI is InChI=1S/C19H18ClN5O/c1-26-19-16(20)7-13(8-23-19)11-25-6-4-17-15(12-25)10-22-18(24-17)14-3-2-5-21-9-14/h2-3,5,7-10H,4,6,11-12H2,1H3. The summed E-state index contributed by atoms with van der Waals surface area (Å²) >= 11 is 6.17. The summed E-state index contributed by atoms with van der Waals surface area (Å²) in [6, 6.07) is 5.78. The summed E-state index contributed by atoms with van der Waals surface area (Å²) in [6.45, 7) is 2.52. The number of rotatable bonds is 4. The fraction of sp³-hybridized carbons (Fsp3) is 0.263. The number of hydrogen-bond donors (Lipinski definition) is 0. The van der Waals surface area contributed by atoms with Crippen LogP contribution in [0.25, 0.3) is 11.4 Å². The van der Waals surface area contributed by atoms with Gasteiger partial charge in [-0.3, -0.25) is 9.88 Å². The van der Waals surface area contributed by atoms with Crippen LogP contribution in [-0.4, -0.2) is 38.5 Å². The number of pyridine rings is 2. The number of halogens is 1. The molecule has 0 bridgehead atoms. The molecule has 7 heteroatoms. The van der Waals surface area contributed by atoms with Gasteiger partial charge in [0.15, 0.2) is 5.82 Å². The zero-order chi connectivity index (χ0) is 17.9. The maximum Gasteiger partial charge on any atom is 0.232 e. The van der Waals surface area contributed by atoms with Crippen LogP contribution in [-0.2, 0) is 19.5 Å². The fourth-order valence-electron chi connectivity index (χ4n) is 3.10. The molecule has 3 aromatic heterocycles. The van der Waals surface area contributed by atoms with Gasteiger partial charge in [-0.1, -0.05) is 11.6 Å². The van der Waals surface area contributed by atoms with Crippen molar-refractivity contribution in [1.29, 1.82) is 0 Å². The van der Waals surface area contributed by atoms with E-state index in [9.17, 15) is 0 Å². The van der Waals surface area contributed by atoms with Crippen molar-refractivity contribution in [3.63, 3.8) is 0 Å². The van der Waals surface area contributed by atoms with E-state index in [1.54, 1.807) is 19.5 Å². The summed E-state index contributed by atoms with van der Waals surface area (Å²) in [6.07, 6.45) is 8.16. The van der Waals surface area contributed by atoms with Crippen molar-refractivity contribution < 1.29 is 4.74 Å². The van der Waals surface area contributed by atoms with Gasteiger partial charge >= 0.3 is 0 Å². The van der Waals surface area contributed by atoms with Gasteiger partial charge < -0.3 is 4.74 Å². The summed E-state index contributed by atoms with van der Waals surface area (Å²) in [4.78, 5) is 20.0. The Balaban J connectivity index is 1.49. The molecule has 0 fully saturated rings. The largest absolute Gasteiger partial charge is 0.480 e. The molecule has 0 saturated heterocycles. The lowest BCUT2D eigenvalue weighted by Gasteiger charge is -2.28. The Kier molecular flexibility index (Phi) is 4.77. The maximum atomic E-state index is 6.17. The lowest BCUT2D eigenvalue weighted by Crippen LogP contribution is -2.31. The van der Waals surface area contributed by atoms with Gasteiger partial charge in [0.2, 0.25) is 5.88 Å². The molecule has 6 nitrogen and oxygen atoms in total. The first-order chi connectivity index (χ1) is 12.7. The first-order valence-corrected chi connectivity index (χ1v) is 8.76. The van der Waals surface area contributed by atoms with E-state index in [2.05, 4.69) is 19.9 Å². The van der Waals surface area contributed by atoms with E-state index >= 15 is 0 Å². The predicted octanol–water partition coefficient (Wildman–Crippen LogP) is 3.15. The Morgan fingerprint density at radius 3 is 2.92 bits per heavy atom. The highest BCUT2D eigenvalue weighted by atomic mass is 35.5. The highest BCUT2D eigenvalue weighted by molar-refractivity contribution is 6.31. The molecule has 0 aromatic carbocycles. The minimum atomic E-state index is 0.454. The van der Waals surface area contributed by atoms with E-state index in [4.69, 9.17) is 21.3 Å². The fourth-order valence-corrected chi connectivity index (χ4v) is 3.37. The number of nitrogens with zero attached hydrogens (tertiary/aromatic N) is 5. The molecule has 0 aliphatic carbocycles. The lowest BCUT2D eigenvalue weighted by molar-refractivity contribution is 0.242. The van der Waals surface area contributed by atoms with Gasteiger partial charge in [-0.05, 0) is 23.8 Å². The zero-order valence-electron chi connectivity index (χ0n) is 14.4. The second-order valence-corrected chi connectivity index (χ2v) is 6.61. The van der Waals surface area contributed by atoms with E-state index in [0.29, 0.717) is 10.9 Å². The Morgan fingerprint density at radius 2 is 2.15 bits per heavy atom. The van der Waals surface area contributed by atoms with Crippen LogP contribution in [0.2, 0.25) is 5.02 Å². The Hall–Kier alpha value is -2.57. The molecular weight excluding hydrogens is 350 g/mol. The highest BCUT2D eigenvalue weighted by Gasteiger charge is 2.19. The van der Waals surface area contributed by atoms with Crippen LogP contribution in [0.5, 0.6) is 5.88 Å². The third-order valence-corrected chi connectivity index (χ3v) is 4.67. The minimum absolute atomic E-state index is 0.454. The average Bonchev–Trinajstić information content (AvgIpc) is 2.68. The van der Waals surface area contributed by atoms with Gasteiger partial charge in [0.05, 0.1) is 12.8 Å². The van der Waals surface area contributed by atoms with Crippen LogP contribution in [0.15, 0.2) is 43.0 Å². The summed E-state index contributed by atoms with van der Waals surface area (Å²) in [7, 11) is 1.56. The van der Waals surface area contributed by atoms with Crippen LogP contribution < -0.4 is 4.74 Å². The first kappa shape index (κ1) is 16.9. The summed E-state index contributed by atoms with van der Waals surface area (Å²) in [5, 5.41) is 0.534. The SMILES string of the molecule is COc1ncc(CN2CCc3nc(-c4cccnc4)ncc3C2)cc1Cl. The first-order valence-electron chi connectivity index (χ1n) is 8.39. The van der Waals surface area contributed by atoms with Crippen molar-refractivity contribution in [2.24, 2.45) is 0 Å². The van der Waals surface area contributed by atoms with Crippen molar-refractivity contribution in [1.82, 2.24) is 24.8 Å². The van der Waals surface area contributed by atoms with Crippen LogP contribution in [0.3, 0.4) is 0 Å². The third-order valence-electron chi connectivity index (χ3n) is 4.40. The number of aromatic nitrogens is 4. The molecule has 0 amide bonds. The van der Waals surface area contributed by atoms with Crippen molar-refractivity contribution in [3.8, 4) is 17.3 Å². The van der Waals surface area contributed by atoms with Gasteiger partial charge in [0.1, 0.15) is 5.02 Å². The summed E-state index contributed by atoms with van der Waals surface area (Å²) in [5.41, 5.74) is 4.28. The number of ether oxygens (including phenoxy) is 1. The molecule has 0 atom stereocenters. The molecule has 0 N–H and O–H groups in total. The molecule has 3 aromatic rings. The number of fused-ring (bicyclic) bond motifs is 1. The molecule has 132 valence electrons. The Labute approximate surface area is 156 Å². The molecule has 0 saturated carbocycles. The lowest BCUT2D eigenvalue weighted by atomic mass is 10.1. The van der Waals surface area contributed by atoms with Crippen LogP contribution in [0.4, 0.5) is 0 Å². The second-order valence-electron chi connectivity index (χ2n) is 6.20. The number of methoxy groups -OCH3 is 1. The van der Waals surface area contributed by atoms with E-state index in [1.165, 1.54) is 0 Å². The Morgan fingerprint density at radius 1 is 1.23 bits per heavy atom. The molecule has 0 spiro atoms. The Bertz CT molecular complexity index is 919. The molecule has 1 aliphatic rings. The van der Waals surface area contributed by atoms with Gasteiger partial charge in [0.25, 0.3) is 0 Å². The molecule has 4 rings (SSSR count). The highest BCUT2D eigenvalue weighted by Crippen LogP contribution is 2.25. The third kappa shape index (κ3) is 3.52. The minimum Gasteiger partial charge on any atom is -0.480 e. The van der Waals surface area contributed by atoms with Crippen molar-refractivity contribution in [2.75, 3.05) is 13.7 Å². The zero-order valence-corrected chi connectivity index (χ0v) is 15.1.